The van der Waals surface area contributed by atoms with E-state index in [0.717, 1.165) is 17.9 Å². The Morgan fingerprint density at radius 2 is 2.05 bits per heavy atom. The fourth-order valence-corrected chi connectivity index (χ4v) is 2.19. The highest BCUT2D eigenvalue weighted by Gasteiger charge is 2.52. The minimum absolute atomic E-state index is 0.312. The second kappa shape index (κ2) is 5.11. The minimum Gasteiger partial charge on any atom is -0.497 e. The van der Waals surface area contributed by atoms with Gasteiger partial charge in [-0.25, -0.2) is 4.99 Å². The van der Waals surface area contributed by atoms with E-state index < -0.39 is 0 Å². The summed E-state index contributed by atoms with van der Waals surface area (Å²) in [4.78, 5) is 4.55. The lowest BCUT2D eigenvalue weighted by Crippen LogP contribution is -2.24. The Morgan fingerprint density at radius 1 is 1.42 bits per heavy atom. The molecule has 1 aliphatic carbocycles. The molecule has 1 aromatic rings. The number of benzene rings is 1. The maximum absolute atomic E-state index is 5.95. The van der Waals surface area contributed by atoms with Gasteiger partial charge in [-0.2, -0.15) is 0 Å². The van der Waals surface area contributed by atoms with Crippen LogP contribution in [0.15, 0.2) is 29.3 Å². The van der Waals surface area contributed by atoms with Gasteiger partial charge in [0.05, 0.1) is 13.2 Å². The Morgan fingerprint density at radius 3 is 2.53 bits per heavy atom. The number of nitrogens with two attached hydrogens (primary N) is 1. The zero-order chi connectivity index (χ0) is 14.0. The molecule has 0 aromatic heterocycles. The van der Waals surface area contributed by atoms with Crippen LogP contribution in [-0.4, -0.2) is 19.1 Å². The first-order valence-corrected chi connectivity index (χ1v) is 6.70. The fraction of sp³-hybridized carbons (Fsp3) is 0.533. The molecule has 19 heavy (non-hydrogen) atoms. The topological polar surface area (TPSA) is 59.6 Å². The van der Waals surface area contributed by atoms with Crippen LogP contribution in [0.3, 0.4) is 0 Å². The van der Waals surface area contributed by atoms with E-state index >= 15 is 0 Å². The summed E-state index contributed by atoms with van der Waals surface area (Å²) in [6.45, 7) is 6.75. The number of aliphatic imine (C=N–C) groups is 1. The van der Waals surface area contributed by atoms with E-state index in [9.17, 15) is 0 Å². The van der Waals surface area contributed by atoms with E-state index in [1.165, 1.54) is 0 Å². The molecule has 0 aliphatic heterocycles. The number of nitrogens with one attached hydrogen (secondary N) is 1. The van der Waals surface area contributed by atoms with Gasteiger partial charge < -0.3 is 15.8 Å². The Hall–Kier alpha value is -1.71. The summed E-state index contributed by atoms with van der Waals surface area (Å²) in [6, 6.07) is 7.99. The third-order valence-electron chi connectivity index (χ3n) is 4.21. The highest BCUT2D eigenvalue weighted by molar-refractivity contribution is 5.92. The van der Waals surface area contributed by atoms with Crippen LogP contribution >= 0.6 is 0 Å². The van der Waals surface area contributed by atoms with Gasteiger partial charge in [-0.05, 0) is 42.0 Å². The summed E-state index contributed by atoms with van der Waals surface area (Å²) in [6.07, 6.45) is 1.12. The number of guanidine groups is 1. The van der Waals surface area contributed by atoms with Crippen molar-refractivity contribution in [3.8, 4) is 5.75 Å². The molecule has 0 bridgehead atoms. The van der Waals surface area contributed by atoms with Crippen LogP contribution < -0.4 is 15.8 Å². The number of methoxy groups -OCH3 is 1. The second-order valence-corrected chi connectivity index (χ2v) is 5.75. The first kappa shape index (κ1) is 13.7. The summed E-state index contributed by atoms with van der Waals surface area (Å²) in [5.41, 5.74) is 7.18. The molecule has 1 aliphatic rings. The molecule has 1 aromatic carbocycles. The van der Waals surface area contributed by atoms with Crippen molar-refractivity contribution in [3.05, 3.63) is 24.3 Å². The van der Waals surface area contributed by atoms with Crippen molar-refractivity contribution in [1.82, 2.24) is 0 Å². The van der Waals surface area contributed by atoms with Crippen LogP contribution in [0.5, 0.6) is 5.75 Å². The number of ether oxygens (including phenoxy) is 1. The van der Waals surface area contributed by atoms with E-state index in [1.54, 1.807) is 7.11 Å². The first-order chi connectivity index (χ1) is 8.95. The number of rotatable bonds is 4. The number of hydrogen-bond donors (Lipinski definition) is 2. The van der Waals surface area contributed by atoms with Crippen LogP contribution in [0.2, 0.25) is 0 Å². The molecule has 1 saturated carbocycles. The van der Waals surface area contributed by atoms with Crippen LogP contribution in [0.1, 0.15) is 27.2 Å². The number of anilines is 1. The third kappa shape index (κ3) is 3.00. The predicted octanol–water partition coefficient (Wildman–Crippen LogP) is 2.86. The number of nitrogens with zero attached hydrogens (tertiary/aromatic N) is 1. The molecule has 4 heteroatoms. The van der Waals surface area contributed by atoms with Gasteiger partial charge in [0.2, 0.25) is 0 Å². The molecule has 104 valence electrons. The monoisotopic (exact) mass is 261 g/mol. The van der Waals surface area contributed by atoms with Crippen molar-refractivity contribution >= 4 is 11.6 Å². The summed E-state index contributed by atoms with van der Waals surface area (Å²) >= 11 is 0. The molecule has 4 nitrogen and oxygen atoms in total. The van der Waals surface area contributed by atoms with Crippen molar-refractivity contribution in [3.63, 3.8) is 0 Å². The average Bonchev–Trinajstić information content (AvgIpc) is 3.02. The van der Waals surface area contributed by atoms with E-state index in [2.05, 4.69) is 31.1 Å². The van der Waals surface area contributed by atoms with Crippen molar-refractivity contribution in [2.24, 2.45) is 22.1 Å². The normalized spacial score (nSPS) is 26.4. The Bertz CT molecular complexity index is 467. The summed E-state index contributed by atoms with van der Waals surface area (Å²) in [7, 11) is 1.65. The molecule has 0 saturated heterocycles. The molecule has 1 fully saturated rings. The van der Waals surface area contributed by atoms with Crippen molar-refractivity contribution in [2.45, 2.75) is 33.2 Å². The zero-order valence-corrected chi connectivity index (χ0v) is 12.1. The van der Waals surface area contributed by atoms with Crippen molar-refractivity contribution < 1.29 is 4.74 Å². The second-order valence-electron chi connectivity index (χ2n) is 5.75. The first-order valence-electron chi connectivity index (χ1n) is 6.70. The molecular weight excluding hydrogens is 238 g/mol. The zero-order valence-electron chi connectivity index (χ0n) is 12.1. The summed E-state index contributed by atoms with van der Waals surface area (Å²) in [5, 5.41) is 3.11. The molecule has 0 spiro atoms. The van der Waals surface area contributed by atoms with E-state index in [0.29, 0.717) is 23.3 Å². The molecule has 0 radical (unpaired) electrons. The van der Waals surface area contributed by atoms with Crippen LogP contribution in [0.4, 0.5) is 5.69 Å². The van der Waals surface area contributed by atoms with Gasteiger partial charge in [-0.3, -0.25) is 0 Å². The van der Waals surface area contributed by atoms with Crippen LogP contribution in [0.25, 0.3) is 0 Å². The molecule has 0 amide bonds. The molecular formula is C15H23N3O. The van der Waals surface area contributed by atoms with E-state index in [1.807, 2.05) is 24.3 Å². The fourth-order valence-electron chi connectivity index (χ4n) is 2.19. The quantitative estimate of drug-likeness (QED) is 0.647. The Kier molecular flexibility index (Phi) is 3.69. The Balaban J connectivity index is 1.96. The van der Waals surface area contributed by atoms with E-state index in [4.69, 9.17) is 10.5 Å². The highest BCUT2D eigenvalue weighted by Crippen LogP contribution is 2.53. The lowest BCUT2D eigenvalue weighted by molar-refractivity contribution is 0.383. The summed E-state index contributed by atoms with van der Waals surface area (Å²) in [5.74, 6) is 1.95. The lowest BCUT2D eigenvalue weighted by Gasteiger charge is -2.14. The standard InChI is InChI=1S/C15H23N3O/c1-10(2)15(3)9-13(15)18-14(16)17-11-5-7-12(19-4)8-6-11/h5-8,10,13H,9H2,1-4H3,(H3,16,17,18). The SMILES string of the molecule is COc1ccc(NC(N)=NC2CC2(C)C(C)C)cc1. The molecule has 2 unspecified atom stereocenters. The van der Waals surface area contributed by atoms with Gasteiger partial charge in [-0.15, -0.1) is 0 Å². The molecule has 3 N–H and O–H groups in total. The van der Waals surface area contributed by atoms with Gasteiger partial charge in [0, 0.05) is 5.69 Å². The smallest absolute Gasteiger partial charge is 0.193 e. The lowest BCUT2D eigenvalue weighted by atomic mass is 9.94. The van der Waals surface area contributed by atoms with Crippen LogP contribution in [0, 0.1) is 11.3 Å². The summed E-state index contributed by atoms with van der Waals surface area (Å²) < 4.78 is 5.11. The predicted molar refractivity (Wildman–Crippen MR) is 79.6 cm³/mol. The molecule has 0 heterocycles. The number of hydrogen-bond acceptors (Lipinski definition) is 2. The largest absolute Gasteiger partial charge is 0.497 e. The Labute approximate surface area is 115 Å². The maximum Gasteiger partial charge on any atom is 0.193 e. The minimum atomic E-state index is 0.312. The van der Waals surface area contributed by atoms with E-state index in [-0.39, 0.29) is 0 Å². The average molecular weight is 261 g/mol. The molecule has 2 atom stereocenters. The maximum atomic E-state index is 5.95. The van der Waals surface area contributed by atoms with Crippen LogP contribution in [-0.2, 0) is 0 Å². The van der Waals surface area contributed by atoms with Crippen molar-refractivity contribution in [1.29, 1.82) is 0 Å². The van der Waals surface area contributed by atoms with Gasteiger partial charge >= 0.3 is 0 Å². The van der Waals surface area contributed by atoms with Gasteiger partial charge in [0.15, 0.2) is 5.96 Å². The highest BCUT2D eigenvalue weighted by atomic mass is 16.5. The van der Waals surface area contributed by atoms with Crippen molar-refractivity contribution in [2.75, 3.05) is 12.4 Å². The van der Waals surface area contributed by atoms with Gasteiger partial charge in [-0.1, -0.05) is 20.8 Å². The molecule has 2 rings (SSSR count). The third-order valence-corrected chi connectivity index (χ3v) is 4.21. The van der Waals surface area contributed by atoms with Gasteiger partial charge in [0.25, 0.3) is 0 Å². The van der Waals surface area contributed by atoms with Gasteiger partial charge in [0.1, 0.15) is 5.75 Å².